The van der Waals surface area contributed by atoms with Gasteiger partial charge in [-0.25, -0.2) is 0 Å². The third-order valence-electron chi connectivity index (χ3n) is 6.13. The number of halogens is 1. The maximum absolute atomic E-state index is 6.54. The molecular formula is C30H19Cl. The molecular weight excluding hydrogens is 396 g/mol. The minimum atomic E-state index is 0.773. The standard InChI is InChI=1S/C30H19Cl/c31-30-15-6-5-13-25(30)22-16-17-27-24-12-4-2-9-21(24)18-28(29(27)19-22)26-14-7-10-20-8-1-3-11-23(20)26/h1-19H. The topological polar surface area (TPSA) is 0 Å². The van der Waals surface area contributed by atoms with Gasteiger partial charge in [0, 0.05) is 10.6 Å². The van der Waals surface area contributed by atoms with Crippen LogP contribution in [0.25, 0.3) is 54.6 Å². The Morgan fingerprint density at radius 2 is 1.06 bits per heavy atom. The van der Waals surface area contributed by atoms with Crippen LogP contribution in [0.2, 0.25) is 5.02 Å². The summed E-state index contributed by atoms with van der Waals surface area (Å²) in [5.41, 5.74) is 4.70. The van der Waals surface area contributed by atoms with Crippen molar-refractivity contribution in [2.24, 2.45) is 0 Å². The molecule has 0 heterocycles. The van der Waals surface area contributed by atoms with E-state index in [4.69, 9.17) is 11.6 Å². The molecule has 0 atom stereocenters. The fourth-order valence-electron chi connectivity index (χ4n) is 4.65. The van der Waals surface area contributed by atoms with Gasteiger partial charge in [0.2, 0.25) is 0 Å². The van der Waals surface area contributed by atoms with Gasteiger partial charge in [-0.15, -0.1) is 0 Å². The highest BCUT2D eigenvalue weighted by Gasteiger charge is 2.13. The first kappa shape index (κ1) is 18.2. The summed E-state index contributed by atoms with van der Waals surface area (Å²) in [6.45, 7) is 0. The highest BCUT2D eigenvalue weighted by atomic mass is 35.5. The molecule has 0 N–H and O–H groups in total. The molecule has 6 aromatic rings. The fourth-order valence-corrected chi connectivity index (χ4v) is 4.89. The number of fused-ring (bicyclic) bond motifs is 4. The van der Waals surface area contributed by atoms with Crippen molar-refractivity contribution in [1.29, 1.82) is 0 Å². The van der Waals surface area contributed by atoms with Gasteiger partial charge in [0.1, 0.15) is 0 Å². The van der Waals surface area contributed by atoms with Crippen molar-refractivity contribution < 1.29 is 0 Å². The first-order chi connectivity index (χ1) is 15.3. The van der Waals surface area contributed by atoms with Gasteiger partial charge >= 0.3 is 0 Å². The van der Waals surface area contributed by atoms with E-state index in [9.17, 15) is 0 Å². The van der Waals surface area contributed by atoms with Crippen LogP contribution in [0.4, 0.5) is 0 Å². The Hall–Kier alpha value is -3.61. The Labute approximate surface area is 186 Å². The van der Waals surface area contributed by atoms with Crippen molar-refractivity contribution >= 4 is 43.9 Å². The summed E-state index contributed by atoms with van der Waals surface area (Å²) >= 11 is 6.54. The summed E-state index contributed by atoms with van der Waals surface area (Å²) in [4.78, 5) is 0. The van der Waals surface area contributed by atoms with E-state index in [1.165, 1.54) is 43.4 Å². The Bertz CT molecular complexity index is 1590. The van der Waals surface area contributed by atoms with Crippen LogP contribution in [0, 0.1) is 0 Å². The summed E-state index contributed by atoms with van der Waals surface area (Å²) < 4.78 is 0. The summed E-state index contributed by atoms with van der Waals surface area (Å²) in [7, 11) is 0. The number of hydrogen-bond donors (Lipinski definition) is 0. The molecule has 0 amide bonds. The minimum absolute atomic E-state index is 0.773. The predicted octanol–water partition coefficient (Wildman–Crippen LogP) is 9.13. The van der Waals surface area contributed by atoms with Gasteiger partial charge in [-0.1, -0.05) is 109 Å². The molecule has 0 saturated carbocycles. The zero-order valence-electron chi connectivity index (χ0n) is 16.8. The van der Waals surface area contributed by atoms with Crippen LogP contribution < -0.4 is 0 Å². The molecule has 0 spiro atoms. The van der Waals surface area contributed by atoms with Gasteiger partial charge < -0.3 is 0 Å². The second-order valence-corrected chi connectivity index (χ2v) is 8.32. The third-order valence-corrected chi connectivity index (χ3v) is 6.45. The molecule has 0 aliphatic rings. The normalized spacial score (nSPS) is 11.4. The first-order valence-electron chi connectivity index (χ1n) is 10.5. The van der Waals surface area contributed by atoms with Gasteiger partial charge in [-0.3, -0.25) is 0 Å². The SMILES string of the molecule is Clc1ccccc1-c1ccc2c(c1)c(-c1cccc3ccccc13)cc1ccccc12. The molecule has 0 saturated heterocycles. The largest absolute Gasteiger partial charge is 0.0837 e. The molecule has 0 bridgehead atoms. The zero-order chi connectivity index (χ0) is 20.8. The van der Waals surface area contributed by atoms with Crippen molar-refractivity contribution in [3.05, 3.63) is 120 Å². The lowest BCUT2D eigenvalue weighted by Gasteiger charge is -2.15. The molecule has 0 fully saturated rings. The van der Waals surface area contributed by atoms with Crippen molar-refractivity contribution in [2.75, 3.05) is 0 Å². The number of hydrogen-bond acceptors (Lipinski definition) is 0. The molecule has 0 aliphatic heterocycles. The summed E-state index contributed by atoms with van der Waals surface area (Å²) in [6, 6.07) is 40.9. The van der Waals surface area contributed by atoms with Gasteiger partial charge in [-0.05, 0) is 67.2 Å². The lowest BCUT2D eigenvalue weighted by atomic mass is 9.89. The molecule has 0 unspecified atom stereocenters. The fraction of sp³-hybridized carbons (Fsp3) is 0. The lowest BCUT2D eigenvalue weighted by molar-refractivity contribution is 1.64. The predicted molar refractivity (Wildman–Crippen MR) is 135 cm³/mol. The third kappa shape index (κ3) is 3.00. The van der Waals surface area contributed by atoms with Gasteiger partial charge in [0.05, 0.1) is 0 Å². The Balaban J connectivity index is 1.75. The van der Waals surface area contributed by atoms with Gasteiger partial charge in [-0.2, -0.15) is 0 Å². The van der Waals surface area contributed by atoms with Crippen molar-refractivity contribution in [1.82, 2.24) is 0 Å². The van der Waals surface area contributed by atoms with E-state index in [1.54, 1.807) is 0 Å². The summed E-state index contributed by atoms with van der Waals surface area (Å²) in [5.74, 6) is 0. The van der Waals surface area contributed by atoms with Crippen LogP contribution in [0.15, 0.2) is 115 Å². The monoisotopic (exact) mass is 414 g/mol. The molecule has 1 heteroatoms. The van der Waals surface area contributed by atoms with Crippen LogP contribution in [0.5, 0.6) is 0 Å². The van der Waals surface area contributed by atoms with E-state index >= 15 is 0 Å². The smallest absolute Gasteiger partial charge is 0.0484 e. The molecule has 6 rings (SSSR count). The first-order valence-corrected chi connectivity index (χ1v) is 10.9. The van der Waals surface area contributed by atoms with E-state index in [-0.39, 0.29) is 0 Å². The Kier molecular flexibility index (Phi) is 4.26. The number of benzene rings is 6. The molecule has 0 aliphatic carbocycles. The molecule has 0 radical (unpaired) electrons. The van der Waals surface area contributed by atoms with Crippen LogP contribution in [0.1, 0.15) is 0 Å². The number of rotatable bonds is 2. The maximum atomic E-state index is 6.54. The van der Waals surface area contributed by atoms with E-state index in [1.807, 2.05) is 18.2 Å². The highest BCUT2D eigenvalue weighted by molar-refractivity contribution is 6.33. The van der Waals surface area contributed by atoms with Crippen LogP contribution >= 0.6 is 11.6 Å². The zero-order valence-corrected chi connectivity index (χ0v) is 17.6. The van der Waals surface area contributed by atoms with Gasteiger partial charge in [0.15, 0.2) is 0 Å². The van der Waals surface area contributed by atoms with Crippen LogP contribution in [-0.4, -0.2) is 0 Å². The van der Waals surface area contributed by atoms with E-state index in [0.29, 0.717) is 0 Å². The molecule has 6 aromatic carbocycles. The summed E-state index contributed by atoms with van der Waals surface area (Å²) in [6.07, 6.45) is 0. The quantitative estimate of drug-likeness (QED) is 0.248. The average molecular weight is 415 g/mol. The second-order valence-electron chi connectivity index (χ2n) is 7.91. The molecule has 0 aromatic heterocycles. The van der Waals surface area contributed by atoms with Crippen LogP contribution in [0.3, 0.4) is 0 Å². The Morgan fingerprint density at radius 1 is 0.387 bits per heavy atom. The van der Waals surface area contributed by atoms with Crippen molar-refractivity contribution in [3.63, 3.8) is 0 Å². The molecule has 146 valence electrons. The van der Waals surface area contributed by atoms with Crippen LogP contribution in [-0.2, 0) is 0 Å². The summed E-state index contributed by atoms with van der Waals surface area (Å²) in [5, 5.41) is 8.32. The maximum Gasteiger partial charge on any atom is 0.0484 e. The highest BCUT2D eigenvalue weighted by Crippen LogP contribution is 2.40. The average Bonchev–Trinajstić information content (AvgIpc) is 2.83. The van der Waals surface area contributed by atoms with Gasteiger partial charge in [0.25, 0.3) is 0 Å². The van der Waals surface area contributed by atoms with Crippen molar-refractivity contribution in [2.45, 2.75) is 0 Å². The van der Waals surface area contributed by atoms with Crippen molar-refractivity contribution in [3.8, 4) is 22.3 Å². The van der Waals surface area contributed by atoms with E-state index in [2.05, 4.69) is 97.1 Å². The molecule has 31 heavy (non-hydrogen) atoms. The second kappa shape index (κ2) is 7.27. The molecule has 0 nitrogen and oxygen atoms in total. The minimum Gasteiger partial charge on any atom is -0.0837 e. The van der Waals surface area contributed by atoms with E-state index in [0.717, 1.165) is 16.1 Å². The lowest BCUT2D eigenvalue weighted by Crippen LogP contribution is -1.88. The van der Waals surface area contributed by atoms with E-state index < -0.39 is 0 Å². The Morgan fingerprint density at radius 3 is 1.94 bits per heavy atom.